The number of nitrogens with one attached hydrogen (secondary N) is 1. The van der Waals surface area contributed by atoms with Gasteiger partial charge in [0, 0.05) is 18.3 Å². The van der Waals surface area contributed by atoms with Crippen LogP contribution in [0.1, 0.15) is 24.2 Å². The van der Waals surface area contributed by atoms with Crippen LogP contribution < -0.4 is 5.32 Å². The van der Waals surface area contributed by atoms with E-state index in [1.807, 2.05) is 18.5 Å². The molecule has 16 heavy (non-hydrogen) atoms. The molecule has 0 aliphatic heterocycles. The average molecular weight is 288 g/mol. The Kier molecular flexibility index (Phi) is 3.66. The third-order valence-corrected chi connectivity index (χ3v) is 4.04. The van der Waals surface area contributed by atoms with Gasteiger partial charge >= 0.3 is 0 Å². The minimum absolute atomic E-state index is 0.370. The van der Waals surface area contributed by atoms with Crippen molar-refractivity contribution in [2.24, 2.45) is 0 Å². The number of halogens is 1. The second-order valence-electron chi connectivity index (χ2n) is 4.50. The summed E-state index contributed by atoms with van der Waals surface area (Å²) in [6.07, 6.45) is 2.13. The number of hydrogen-bond acceptors (Lipinski definition) is 3. The molecule has 1 atom stereocenters. The van der Waals surface area contributed by atoms with Crippen LogP contribution in [0.3, 0.4) is 0 Å². The predicted molar refractivity (Wildman–Crippen MR) is 66.4 cm³/mol. The highest BCUT2D eigenvalue weighted by molar-refractivity contribution is 9.10. The van der Waals surface area contributed by atoms with E-state index in [-0.39, 0.29) is 6.10 Å². The SMILES string of the molecule is Cc1nn(CC(O)CNC2CC2)c(C)c1Br. The van der Waals surface area contributed by atoms with Gasteiger partial charge in [0.25, 0.3) is 0 Å². The summed E-state index contributed by atoms with van der Waals surface area (Å²) in [6, 6.07) is 0.641. The number of nitrogens with zero attached hydrogens (tertiary/aromatic N) is 2. The van der Waals surface area contributed by atoms with Crippen molar-refractivity contribution in [1.29, 1.82) is 0 Å². The van der Waals surface area contributed by atoms with Gasteiger partial charge in [0.15, 0.2) is 0 Å². The number of aliphatic hydroxyl groups excluding tert-OH is 1. The van der Waals surface area contributed by atoms with E-state index in [1.165, 1.54) is 12.8 Å². The van der Waals surface area contributed by atoms with Gasteiger partial charge in [-0.1, -0.05) is 0 Å². The van der Waals surface area contributed by atoms with Crippen LogP contribution >= 0.6 is 15.9 Å². The Labute approximate surface area is 104 Å². The number of hydrogen-bond donors (Lipinski definition) is 2. The van der Waals surface area contributed by atoms with Crippen molar-refractivity contribution in [1.82, 2.24) is 15.1 Å². The molecule has 0 amide bonds. The second kappa shape index (κ2) is 4.85. The van der Waals surface area contributed by atoms with Gasteiger partial charge in [-0.2, -0.15) is 5.10 Å². The standard InChI is InChI=1S/C11H18BrN3O/c1-7-11(12)8(2)15(14-7)6-10(16)5-13-9-3-4-9/h9-10,13,16H,3-6H2,1-2H3. The highest BCUT2D eigenvalue weighted by Crippen LogP contribution is 2.20. The fourth-order valence-electron chi connectivity index (χ4n) is 1.71. The molecule has 90 valence electrons. The van der Waals surface area contributed by atoms with E-state index in [0.29, 0.717) is 19.1 Å². The van der Waals surface area contributed by atoms with E-state index in [4.69, 9.17) is 0 Å². The summed E-state index contributed by atoms with van der Waals surface area (Å²) in [6.45, 7) is 5.17. The van der Waals surface area contributed by atoms with Gasteiger partial charge in [-0.15, -0.1) is 0 Å². The van der Waals surface area contributed by atoms with Crippen molar-refractivity contribution in [3.63, 3.8) is 0 Å². The van der Waals surface area contributed by atoms with Crippen LogP contribution in [-0.2, 0) is 6.54 Å². The molecule has 4 nitrogen and oxygen atoms in total. The van der Waals surface area contributed by atoms with Crippen molar-refractivity contribution in [3.05, 3.63) is 15.9 Å². The maximum Gasteiger partial charge on any atom is 0.0860 e. The zero-order valence-corrected chi connectivity index (χ0v) is 11.3. The van der Waals surface area contributed by atoms with Crippen LogP contribution in [0.25, 0.3) is 0 Å². The van der Waals surface area contributed by atoms with Crippen LogP contribution in [0.5, 0.6) is 0 Å². The molecule has 1 aromatic heterocycles. The quantitative estimate of drug-likeness (QED) is 0.860. The summed E-state index contributed by atoms with van der Waals surface area (Å²) in [4.78, 5) is 0. The summed E-state index contributed by atoms with van der Waals surface area (Å²) in [5.41, 5.74) is 2.04. The number of aryl methyl sites for hydroxylation is 1. The molecule has 2 rings (SSSR count). The minimum atomic E-state index is -0.370. The van der Waals surface area contributed by atoms with Crippen molar-refractivity contribution < 1.29 is 5.11 Å². The maximum absolute atomic E-state index is 9.87. The van der Waals surface area contributed by atoms with Gasteiger partial charge in [-0.3, -0.25) is 4.68 Å². The predicted octanol–water partition coefficient (Wildman–Crippen LogP) is 1.38. The first kappa shape index (κ1) is 12.1. The van der Waals surface area contributed by atoms with E-state index in [9.17, 15) is 5.11 Å². The maximum atomic E-state index is 9.87. The van der Waals surface area contributed by atoms with E-state index in [2.05, 4.69) is 26.3 Å². The van der Waals surface area contributed by atoms with Crippen molar-refractivity contribution in [2.45, 2.75) is 45.4 Å². The third-order valence-electron chi connectivity index (χ3n) is 2.90. The lowest BCUT2D eigenvalue weighted by molar-refractivity contribution is 0.145. The van der Waals surface area contributed by atoms with Crippen LogP contribution in [0.2, 0.25) is 0 Å². The second-order valence-corrected chi connectivity index (χ2v) is 5.30. The average Bonchev–Trinajstić information content (AvgIpc) is 3.03. The Balaban J connectivity index is 1.88. The van der Waals surface area contributed by atoms with Crippen molar-refractivity contribution in [2.75, 3.05) is 6.54 Å². The smallest absolute Gasteiger partial charge is 0.0860 e. The molecule has 1 aliphatic rings. The fourth-order valence-corrected chi connectivity index (χ4v) is 1.99. The van der Waals surface area contributed by atoms with E-state index >= 15 is 0 Å². The molecule has 2 N–H and O–H groups in total. The Morgan fingerprint density at radius 1 is 1.56 bits per heavy atom. The molecule has 0 saturated heterocycles. The summed E-state index contributed by atoms with van der Waals surface area (Å²) in [7, 11) is 0. The molecule has 5 heteroatoms. The number of aliphatic hydroxyl groups is 1. The van der Waals surface area contributed by atoms with Crippen LogP contribution in [0.15, 0.2) is 4.47 Å². The first-order valence-corrected chi connectivity index (χ1v) is 6.48. The fraction of sp³-hybridized carbons (Fsp3) is 0.727. The largest absolute Gasteiger partial charge is 0.390 e. The van der Waals surface area contributed by atoms with Gasteiger partial charge in [-0.05, 0) is 42.6 Å². The van der Waals surface area contributed by atoms with Crippen LogP contribution in [0.4, 0.5) is 0 Å². The molecule has 1 unspecified atom stereocenters. The first-order valence-electron chi connectivity index (χ1n) is 5.69. The first-order chi connectivity index (χ1) is 7.58. The zero-order valence-electron chi connectivity index (χ0n) is 9.70. The Bertz CT molecular complexity index is 374. The zero-order chi connectivity index (χ0) is 11.7. The summed E-state index contributed by atoms with van der Waals surface area (Å²) < 4.78 is 2.90. The molecule has 1 saturated carbocycles. The lowest BCUT2D eigenvalue weighted by Gasteiger charge is -2.12. The molecule has 1 heterocycles. The molecule has 0 aromatic carbocycles. The minimum Gasteiger partial charge on any atom is -0.390 e. The molecule has 0 spiro atoms. The van der Waals surface area contributed by atoms with E-state index < -0.39 is 0 Å². The summed E-state index contributed by atoms with van der Waals surface area (Å²) in [5.74, 6) is 0. The Morgan fingerprint density at radius 2 is 2.25 bits per heavy atom. The monoisotopic (exact) mass is 287 g/mol. The molecular weight excluding hydrogens is 270 g/mol. The molecule has 0 bridgehead atoms. The normalized spacial score (nSPS) is 17.8. The topological polar surface area (TPSA) is 50.1 Å². The molecule has 1 fully saturated rings. The van der Waals surface area contributed by atoms with Gasteiger partial charge in [0.2, 0.25) is 0 Å². The number of rotatable bonds is 5. The lowest BCUT2D eigenvalue weighted by Crippen LogP contribution is -2.32. The van der Waals surface area contributed by atoms with Gasteiger partial charge in [-0.25, -0.2) is 0 Å². The van der Waals surface area contributed by atoms with E-state index in [0.717, 1.165) is 15.9 Å². The molecule has 1 aromatic rings. The van der Waals surface area contributed by atoms with Crippen LogP contribution in [0, 0.1) is 13.8 Å². The third kappa shape index (κ3) is 2.84. The van der Waals surface area contributed by atoms with Gasteiger partial charge < -0.3 is 10.4 Å². The molecule has 1 aliphatic carbocycles. The summed E-state index contributed by atoms with van der Waals surface area (Å²) in [5, 5.41) is 17.6. The Morgan fingerprint density at radius 3 is 2.75 bits per heavy atom. The van der Waals surface area contributed by atoms with Gasteiger partial charge in [0.05, 0.1) is 22.8 Å². The lowest BCUT2D eigenvalue weighted by atomic mass is 10.3. The van der Waals surface area contributed by atoms with Gasteiger partial charge in [0.1, 0.15) is 0 Å². The highest BCUT2D eigenvalue weighted by atomic mass is 79.9. The highest BCUT2D eigenvalue weighted by Gasteiger charge is 2.21. The number of aromatic nitrogens is 2. The van der Waals surface area contributed by atoms with E-state index in [1.54, 1.807) is 0 Å². The Hall–Kier alpha value is -0.390. The van der Waals surface area contributed by atoms with Crippen molar-refractivity contribution in [3.8, 4) is 0 Å². The van der Waals surface area contributed by atoms with Crippen LogP contribution in [-0.4, -0.2) is 33.6 Å². The molecule has 0 radical (unpaired) electrons. The molecular formula is C11H18BrN3O. The van der Waals surface area contributed by atoms with Crippen molar-refractivity contribution >= 4 is 15.9 Å². The summed E-state index contributed by atoms with van der Waals surface area (Å²) >= 11 is 3.48.